The molecule has 1 aliphatic rings. The van der Waals surface area contributed by atoms with E-state index in [0.717, 1.165) is 24.5 Å². The number of nitrogens with zero attached hydrogens (tertiary/aromatic N) is 3. The highest BCUT2D eigenvalue weighted by atomic mass is 16.5. The minimum absolute atomic E-state index is 0.386. The number of rotatable bonds is 3. The lowest BCUT2D eigenvalue weighted by Crippen LogP contribution is -2.52. The van der Waals surface area contributed by atoms with Crippen molar-refractivity contribution in [2.75, 3.05) is 25.1 Å². The van der Waals surface area contributed by atoms with E-state index in [0.29, 0.717) is 18.5 Å². The average Bonchev–Trinajstić information content (AvgIpc) is 2.20. The van der Waals surface area contributed by atoms with Gasteiger partial charge in [0.25, 0.3) is 0 Å². The summed E-state index contributed by atoms with van der Waals surface area (Å²) in [5, 5.41) is 0. The van der Waals surface area contributed by atoms with Gasteiger partial charge in [0.2, 0.25) is 11.8 Å². The summed E-state index contributed by atoms with van der Waals surface area (Å²) in [7, 11) is 1.62. The highest BCUT2D eigenvalue weighted by Crippen LogP contribution is 2.24. The van der Waals surface area contributed by atoms with Crippen molar-refractivity contribution >= 4 is 5.95 Å². The highest BCUT2D eigenvalue weighted by molar-refractivity contribution is 5.39. The highest BCUT2D eigenvalue weighted by Gasteiger charge is 2.29. The van der Waals surface area contributed by atoms with E-state index in [1.807, 2.05) is 6.92 Å². The molecule has 0 aromatic carbocycles. The van der Waals surface area contributed by atoms with Gasteiger partial charge in [0.05, 0.1) is 7.11 Å². The van der Waals surface area contributed by atoms with Crippen LogP contribution in [0, 0.1) is 6.92 Å². The van der Waals surface area contributed by atoms with Crippen LogP contribution >= 0.6 is 0 Å². The van der Waals surface area contributed by atoms with Gasteiger partial charge in [-0.3, -0.25) is 0 Å². The fourth-order valence-electron chi connectivity index (χ4n) is 1.71. The Morgan fingerprint density at radius 2 is 2.47 bits per heavy atom. The van der Waals surface area contributed by atoms with Crippen molar-refractivity contribution in [3.05, 3.63) is 11.8 Å². The van der Waals surface area contributed by atoms with E-state index in [2.05, 4.69) is 14.9 Å². The molecule has 0 spiro atoms. The Balaban J connectivity index is 2.22. The zero-order valence-corrected chi connectivity index (χ0v) is 9.10. The summed E-state index contributed by atoms with van der Waals surface area (Å²) in [5.74, 6) is 1.36. The zero-order valence-electron chi connectivity index (χ0n) is 9.10. The fraction of sp³-hybridized carbons (Fsp3) is 0.600. The third-order valence-electron chi connectivity index (χ3n) is 2.78. The van der Waals surface area contributed by atoms with Gasteiger partial charge >= 0.3 is 0 Å². The number of ether oxygens (including phenoxy) is 1. The van der Waals surface area contributed by atoms with Gasteiger partial charge in [0.1, 0.15) is 0 Å². The Bertz CT molecular complexity index is 353. The minimum Gasteiger partial charge on any atom is -0.481 e. The monoisotopic (exact) mass is 208 g/mol. The van der Waals surface area contributed by atoms with Crippen LogP contribution < -0.4 is 15.4 Å². The SMILES string of the molecule is COc1nc(N2CCC2CN)ncc1C. The predicted molar refractivity (Wildman–Crippen MR) is 58.1 cm³/mol. The molecule has 2 rings (SSSR count). The molecule has 82 valence electrons. The van der Waals surface area contributed by atoms with E-state index >= 15 is 0 Å². The number of hydrogen-bond acceptors (Lipinski definition) is 5. The topological polar surface area (TPSA) is 64.3 Å². The summed E-state index contributed by atoms with van der Waals surface area (Å²) in [6.07, 6.45) is 2.91. The van der Waals surface area contributed by atoms with Crippen molar-refractivity contribution in [2.24, 2.45) is 5.73 Å². The number of hydrogen-bond donors (Lipinski definition) is 1. The summed E-state index contributed by atoms with van der Waals surface area (Å²) in [6.45, 7) is 3.56. The standard InChI is InChI=1S/C10H16N4O/c1-7-6-12-10(13-9(7)15-2)14-4-3-8(14)5-11/h6,8H,3-5,11H2,1-2H3. The Kier molecular flexibility index (Phi) is 2.73. The lowest BCUT2D eigenvalue weighted by molar-refractivity contribution is 0.388. The van der Waals surface area contributed by atoms with E-state index < -0.39 is 0 Å². The Morgan fingerprint density at radius 3 is 3.00 bits per heavy atom. The number of methoxy groups -OCH3 is 1. The first kappa shape index (κ1) is 10.2. The first-order valence-electron chi connectivity index (χ1n) is 5.10. The molecule has 1 aliphatic heterocycles. The maximum absolute atomic E-state index is 5.63. The van der Waals surface area contributed by atoms with Gasteiger partial charge in [0, 0.05) is 30.9 Å². The third kappa shape index (κ3) is 1.74. The van der Waals surface area contributed by atoms with Crippen molar-refractivity contribution in [3.8, 4) is 5.88 Å². The fourth-order valence-corrected chi connectivity index (χ4v) is 1.71. The van der Waals surface area contributed by atoms with Gasteiger partial charge in [-0.05, 0) is 13.3 Å². The molecule has 1 unspecified atom stereocenters. The van der Waals surface area contributed by atoms with Crippen LogP contribution in [0.1, 0.15) is 12.0 Å². The van der Waals surface area contributed by atoms with Crippen LogP contribution in [-0.4, -0.2) is 36.2 Å². The van der Waals surface area contributed by atoms with Crippen LogP contribution in [0.2, 0.25) is 0 Å². The Hall–Kier alpha value is -1.36. The van der Waals surface area contributed by atoms with E-state index in [4.69, 9.17) is 10.5 Å². The van der Waals surface area contributed by atoms with Crippen LogP contribution in [0.5, 0.6) is 5.88 Å². The van der Waals surface area contributed by atoms with E-state index in [1.165, 1.54) is 0 Å². The molecule has 1 fully saturated rings. The molecular formula is C10H16N4O. The predicted octanol–water partition coefficient (Wildman–Crippen LogP) is 0.331. The molecule has 0 amide bonds. The molecule has 0 aliphatic carbocycles. The number of nitrogens with two attached hydrogens (primary N) is 1. The van der Waals surface area contributed by atoms with Crippen molar-refractivity contribution in [3.63, 3.8) is 0 Å². The van der Waals surface area contributed by atoms with Crippen molar-refractivity contribution in [2.45, 2.75) is 19.4 Å². The van der Waals surface area contributed by atoms with Crippen LogP contribution in [0.25, 0.3) is 0 Å². The van der Waals surface area contributed by atoms with Gasteiger partial charge in [-0.1, -0.05) is 0 Å². The molecule has 5 heteroatoms. The summed E-state index contributed by atoms with van der Waals surface area (Å²) < 4.78 is 5.16. The van der Waals surface area contributed by atoms with Crippen LogP contribution in [0.3, 0.4) is 0 Å². The smallest absolute Gasteiger partial charge is 0.228 e. The van der Waals surface area contributed by atoms with Crippen LogP contribution in [0.15, 0.2) is 6.20 Å². The van der Waals surface area contributed by atoms with E-state index in [-0.39, 0.29) is 0 Å². The second-order valence-corrected chi connectivity index (χ2v) is 3.73. The molecule has 0 saturated carbocycles. The lowest BCUT2D eigenvalue weighted by atomic mass is 10.0. The molecule has 0 bridgehead atoms. The second-order valence-electron chi connectivity index (χ2n) is 3.73. The van der Waals surface area contributed by atoms with Gasteiger partial charge in [0.15, 0.2) is 0 Å². The average molecular weight is 208 g/mol. The van der Waals surface area contributed by atoms with Crippen LogP contribution in [-0.2, 0) is 0 Å². The quantitative estimate of drug-likeness (QED) is 0.775. The number of aromatic nitrogens is 2. The Labute approximate surface area is 89.3 Å². The lowest BCUT2D eigenvalue weighted by Gasteiger charge is -2.40. The number of aryl methyl sites for hydroxylation is 1. The van der Waals surface area contributed by atoms with Crippen molar-refractivity contribution in [1.82, 2.24) is 9.97 Å². The molecule has 2 N–H and O–H groups in total. The summed E-state index contributed by atoms with van der Waals surface area (Å²) in [6, 6.07) is 0.386. The second kappa shape index (κ2) is 4.02. The van der Waals surface area contributed by atoms with Gasteiger partial charge in [-0.25, -0.2) is 4.98 Å². The van der Waals surface area contributed by atoms with E-state index in [1.54, 1.807) is 13.3 Å². The van der Waals surface area contributed by atoms with Gasteiger partial charge < -0.3 is 15.4 Å². The first-order valence-corrected chi connectivity index (χ1v) is 5.10. The molecule has 1 aromatic rings. The molecule has 0 radical (unpaired) electrons. The Morgan fingerprint density at radius 1 is 1.67 bits per heavy atom. The number of anilines is 1. The summed E-state index contributed by atoms with van der Waals surface area (Å²) in [4.78, 5) is 10.7. The molecule has 1 saturated heterocycles. The zero-order chi connectivity index (χ0) is 10.8. The maximum atomic E-state index is 5.63. The molecular weight excluding hydrogens is 192 g/mol. The molecule has 15 heavy (non-hydrogen) atoms. The van der Waals surface area contributed by atoms with Crippen molar-refractivity contribution in [1.29, 1.82) is 0 Å². The third-order valence-corrected chi connectivity index (χ3v) is 2.78. The largest absolute Gasteiger partial charge is 0.481 e. The summed E-state index contributed by atoms with van der Waals surface area (Å²) >= 11 is 0. The van der Waals surface area contributed by atoms with Gasteiger partial charge in [-0.15, -0.1) is 0 Å². The summed E-state index contributed by atoms with van der Waals surface area (Å²) in [5.41, 5.74) is 6.58. The normalized spacial score (nSPS) is 19.9. The first-order chi connectivity index (χ1) is 7.26. The molecule has 1 aromatic heterocycles. The maximum Gasteiger partial charge on any atom is 0.228 e. The van der Waals surface area contributed by atoms with Crippen LogP contribution in [0.4, 0.5) is 5.95 Å². The molecule has 1 atom stereocenters. The minimum atomic E-state index is 0.386. The van der Waals surface area contributed by atoms with E-state index in [9.17, 15) is 0 Å². The van der Waals surface area contributed by atoms with Crippen molar-refractivity contribution < 1.29 is 4.74 Å². The molecule has 2 heterocycles. The van der Waals surface area contributed by atoms with Gasteiger partial charge in [-0.2, -0.15) is 4.98 Å². The molecule has 5 nitrogen and oxygen atoms in total.